The van der Waals surface area contributed by atoms with Crippen molar-refractivity contribution in [3.63, 3.8) is 0 Å². The second kappa shape index (κ2) is 6.48. The number of hydrogen-bond acceptors (Lipinski definition) is 2. The smallest absolute Gasteiger partial charge is 1.00 e. The second-order valence-corrected chi connectivity index (χ2v) is 3.66. The topological polar surface area (TPSA) is 63.3 Å². The molecule has 1 rings (SSSR count). The third-order valence-corrected chi connectivity index (χ3v) is 2.67. The van der Waals surface area contributed by atoms with E-state index < -0.39 is 5.97 Å². The maximum Gasteiger partial charge on any atom is 1.00 e. The molecule has 0 radical (unpaired) electrons. The molecule has 3 N–H and O–H groups in total. The minimum atomic E-state index is -0.770. The predicted molar refractivity (Wildman–Crippen MR) is 47.9 cm³/mol. The molecular weight excluding hydrogens is 161 g/mol. The Bertz CT molecular complexity index is 163. The molecule has 0 aromatic heterocycles. The van der Waals surface area contributed by atoms with Gasteiger partial charge in [-0.3, -0.25) is 4.79 Å². The molecule has 0 aromatic rings. The van der Waals surface area contributed by atoms with E-state index in [9.17, 15) is 4.79 Å². The molecule has 0 amide bonds. The number of rotatable bonds is 3. The summed E-state index contributed by atoms with van der Waals surface area (Å²) in [5.74, 6) is -0.317. The minimum absolute atomic E-state index is 0. The summed E-state index contributed by atoms with van der Waals surface area (Å²) >= 11 is 0. The third-order valence-electron chi connectivity index (χ3n) is 2.67. The van der Waals surface area contributed by atoms with Crippen LogP contribution in [0.4, 0.5) is 0 Å². The Labute approximate surface area is 92.7 Å². The standard InChI is InChI=1S/C9H17NO2.Li.H/c10-8(6-9(11)12)7-4-2-1-3-5-7;;/h7-8H,1-6,10H2,(H,11,12);;/q;+1;-1/t8-;;/m0../s1. The van der Waals surface area contributed by atoms with Crippen molar-refractivity contribution in [2.45, 2.75) is 44.6 Å². The zero-order valence-corrected chi connectivity index (χ0v) is 8.33. The third kappa shape index (κ3) is 4.71. The van der Waals surface area contributed by atoms with Gasteiger partial charge in [-0.1, -0.05) is 19.3 Å². The van der Waals surface area contributed by atoms with E-state index in [1.807, 2.05) is 0 Å². The van der Waals surface area contributed by atoms with Crippen LogP contribution in [0.25, 0.3) is 0 Å². The van der Waals surface area contributed by atoms with Crippen LogP contribution in [0.15, 0.2) is 0 Å². The molecule has 13 heavy (non-hydrogen) atoms. The average Bonchev–Trinajstić information content (AvgIpc) is 2.05. The van der Waals surface area contributed by atoms with E-state index in [-0.39, 0.29) is 32.7 Å². The zero-order chi connectivity index (χ0) is 8.97. The first-order valence-electron chi connectivity index (χ1n) is 4.67. The van der Waals surface area contributed by atoms with Crippen LogP contribution in [0, 0.1) is 5.92 Å². The molecule has 0 bridgehead atoms. The Morgan fingerprint density at radius 2 is 2.00 bits per heavy atom. The summed E-state index contributed by atoms with van der Waals surface area (Å²) < 4.78 is 0. The van der Waals surface area contributed by atoms with E-state index in [1.165, 1.54) is 19.3 Å². The van der Waals surface area contributed by atoms with E-state index in [0.29, 0.717) is 5.92 Å². The summed E-state index contributed by atoms with van der Waals surface area (Å²) in [7, 11) is 0. The van der Waals surface area contributed by atoms with Crippen LogP contribution in [0.3, 0.4) is 0 Å². The molecule has 4 heteroatoms. The van der Waals surface area contributed by atoms with Gasteiger partial charge in [0, 0.05) is 6.04 Å². The van der Waals surface area contributed by atoms with E-state index in [4.69, 9.17) is 10.8 Å². The summed E-state index contributed by atoms with van der Waals surface area (Å²) in [5, 5.41) is 8.53. The fourth-order valence-electron chi connectivity index (χ4n) is 1.93. The van der Waals surface area contributed by atoms with Crippen molar-refractivity contribution in [2.75, 3.05) is 0 Å². The first-order valence-corrected chi connectivity index (χ1v) is 4.67. The quantitative estimate of drug-likeness (QED) is 0.517. The number of nitrogens with two attached hydrogens (primary N) is 1. The molecule has 0 aliphatic heterocycles. The zero-order valence-electron chi connectivity index (χ0n) is 9.33. The number of carboxylic acid groups (broad SMARTS) is 1. The molecule has 0 saturated heterocycles. The van der Waals surface area contributed by atoms with Crippen LogP contribution in [-0.4, -0.2) is 17.1 Å². The van der Waals surface area contributed by atoms with Crippen molar-refractivity contribution in [1.82, 2.24) is 0 Å². The van der Waals surface area contributed by atoms with Crippen LogP contribution in [0.2, 0.25) is 0 Å². The van der Waals surface area contributed by atoms with Gasteiger partial charge in [-0.15, -0.1) is 0 Å². The van der Waals surface area contributed by atoms with Crippen LogP contribution in [0.5, 0.6) is 0 Å². The molecule has 0 unspecified atom stereocenters. The maximum absolute atomic E-state index is 10.4. The molecule has 0 spiro atoms. The first-order chi connectivity index (χ1) is 5.70. The van der Waals surface area contributed by atoms with E-state index >= 15 is 0 Å². The van der Waals surface area contributed by atoms with E-state index in [2.05, 4.69) is 0 Å². The normalized spacial score (nSPS) is 20.4. The van der Waals surface area contributed by atoms with Gasteiger partial charge in [0.05, 0.1) is 6.42 Å². The van der Waals surface area contributed by atoms with Gasteiger partial charge in [-0.25, -0.2) is 0 Å². The van der Waals surface area contributed by atoms with Crippen molar-refractivity contribution in [1.29, 1.82) is 0 Å². The Hall–Kier alpha value is 0.0274. The van der Waals surface area contributed by atoms with Gasteiger partial charge in [0.1, 0.15) is 0 Å². The molecule has 0 aromatic carbocycles. The molecule has 1 fully saturated rings. The number of carboxylic acids is 1. The maximum atomic E-state index is 10.4. The van der Waals surface area contributed by atoms with E-state index in [0.717, 1.165) is 12.8 Å². The molecule has 1 aliphatic rings. The molecule has 0 heterocycles. The van der Waals surface area contributed by atoms with Gasteiger partial charge >= 0.3 is 24.8 Å². The summed E-state index contributed by atoms with van der Waals surface area (Å²) in [4.78, 5) is 10.4. The molecule has 1 aliphatic carbocycles. The van der Waals surface area contributed by atoms with Crippen molar-refractivity contribution < 1.29 is 30.2 Å². The molecular formula is C9H18LiNO2. The SMILES string of the molecule is N[C@@H](CC(=O)O)C1CCCCC1.[H-].[Li+]. The van der Waals surface area contributed by atoms with Crippen molar-refractivity contribution >= 4 is 5.97 Å². The average molecular weight is 179 g/mol. The summed E-state index contributed by atoms with van der Waals surface area (Å²) in [5.41, 5.74) is 5.77. The Balaban J connectivity index is 0. The predicted octanol–water partition coefficient (Wildman–Crippen LogP) is -1.51. The molecule has 72 valence electrons. The van der Waals surface area contributed by atoms with Crippen LogP contribution >= 0.6 is 0 Å². The fourth-order valence-corrected chi connectivity index (χ4v) is 1.93. The first kappa shape index (κ1) is 13.0. The second-order valence-electron chi connectivity index (χ2n) is 3.66. The fraction of sp³-hybridized carbons (Fsp3) is 0.889. The Kier molecular flexibility index (Phi) is 6.49. The van der Waals surface area contributed by atoms with Crippen LogP contribution in [0.1, 0.15) is 40.0 Å². The number of hydrogen-bond donors (Lipinski definition) is 2. The van der Waals surface area contributed by atoms with Crippen molar-refractivity contribution in [3.05, 3.63) is 0 Å². The minimum Gasteiger partial charge on any atom is -1.00 e. The Morgan fingerprint density at radius 1 is 1.46 bits per heavy atom. The van der Waals surface area contributed by atoms with Gasteiger partial charge < -0.3 is 12.3 Å². The van der Waals surface area contributed by atoms with Crippen LogP contribution in [-0.2, 0) is 4.79 Å². The summed E-state index contributed by atoms with van der Waals surface area (Å²) in [6, 6.07) is -0.122. The number of carbonyl (C=O) groups is 1. The van der Waals surface area contributed by atoms with E-state index in [1.54, 1.807) is 0 Å². The summed E-state index contributed by atoms with van der Waals surface area (Å²) in [6.07, 6.45) is 6.10. The number of aliphatic carboxylic acids is 1. The largest absolute Gasteiger partial charge is 1.00 e. The molecule has 1 saturated carbocycles. The van der Waals surface area contributed by atoms with Gasteiger partial charge in [-0.2, -0.15) is 0 Å². The van der Waals surface area contributed by atoms with Gasteiger partial charge in [0.2, 0.25) is 0 Å². The van der Waals surface area contributed by atoms with Gasteiger partial charge in [-0.05, 0) is 18.8 Å². The van der Waals surface area contributed by atoms with Crippen molar-refractivity contribution in [2.24, 2.45) is 11.7 Å². The summed E-state index contributed by atoms with van der Waals surface area (Å²) in [6.45, 7) is 0. The van der Waals surface area contributed by atoms with Crippen molar-refractivity contribution in [3.8, 4) is 0 Å². The Morgan fingerprint density at radius 3 is 2.46 bits per heavy atom. The molecule has 3 nitrogen and oxygen atoms in total. The van der Waals surface area contributed by atoms with Crippen LogP contribution < -0.4 is 24.6 Å². The monoisotopic (exact) mass is 179 g/mol. The van der Waals surface area contributed by atoms with Gasteiger partial charge in [0.25, 0.3) is 0 Å². The van der Waals surface area contributed by atoms with Gasteiger partial charge in [0.15, 0.2) is 0 Å². The molecule has 1 atom stereocenters.